The molecule has 1 heterocycles. The molecule has 2 aromatic carbocycles. The van der Waals surface area contributed by atoms with E-state index in [9.17, 15) is 13.2 Å². The Morgan fingerprint density at radius 1 is 1.05 bits per heavy atom. The molecule has 21 heavy (non-hydrogen) atoms. The maximum absolute atomic E-state index is 13.1. The molecule has 0 radical (unpaired) electrons. The number of aromatic nitrogens is 2. The van der Waals surface area contributed by atoms with Gasteiger partial charge in [-0.05, 0) is 37.1 Å². The van der Waals surface area contributed by atoms with Gasteiger partial charge in [0.25, 0.3) is 0 Å². The van der Waals surface area contributed by atoms with Gasteiger partial charge in [-0.2, -0.15) is 13.2 Å². The van der Waals surface area contributed by atoms with Gasteiger partial charge >= 0.3 is 6.18 Å². The molecule has 0 fully saturated rings. The summed E-state index contributed by atoms with van der Waals surface area (Å²) in [6, 6.07) is 9.31. The van der Waals surface area contributed by atoms with Crippen LogP contribution in [0, 0.1) is 13.8 Å². The Balaban J connectivity index is 2.25. The molecule has 0 atom stereocenters. The molecule has 3 aromatic rings. The van der Waals surface area contributed by atoms with Crippen LogP contribution in [0.4, 0.5) is 13.2 Å². The van der Waals surface area contributed by atoms with E-state index >= 15 is 0 Å². The van der Waals surface area contributed by atoms with Crippen molar-refractivity contribution < 1.29 is 13.2 Å². The summed E-state index contributed by atoms with van der Waals surface area (Å²) in [4.78, 5) is 7.34. The molecule has 3 rings (SSSR count). The Morgan fingerprint density at radius 2 is 1.76 bits per heavy atom. The van der Waals surface area contributed by atoms with Crippen LogP contribution < -0.4 is 0 Å². The van der Waals surface area contributed by atoms with Crippen LogP contribution in [0.25, 0.3) is 22.4 Å². The number of benzene rings is 2. The highest BCUT2D eigenvalue weighted by molar-refractivity contribution is 5.83. The van der Waals surface area contributed by atoms with Gasteiger partial charge in [0.15, 0.2) is 0 Å². The predicted molar refractivity (Wildman–Crippen MR) is 76.0 cm³/mol. The molecule has 2 nitrogen and oxygen atoms in total. The van der Waals surface area contributed by atoms with Crippen LogP contribution in [0.3, 0.4) is 0 Å². The third-order valence-electron chi connectivity index (χ3n) is 3.41. The highest BCUT2D eigenvalue weighted by Crippen LogP contribution is 2.36. The Morgan fingerprint density at radius 3 is 2.48 bits per heavy atom. The maximum Gasteiger partial charge on any atom is 0.417 e. The summed E-state index contributed by atoms with van der Waals surface area (Å²) in [5.74, 6) is 0.242. The van der Waals surface area contributed by atoms with E-state index in [1.165, 1.54) is 12.1 Å². The van der Waals surface area contributed by atoms with Crippen molar-refractivity contribution in [3.8, 4) is 11.4 Å². The summed E-state index contributed by atoms with van der Waals surface area (Å²) >= 11 is 0. The monoisotopic (exact) mass is 290 g/mol. The summed E-state index contributed by atoms with van der Waals surface area (Å²) in [6.45, 7) is 3.84. The quantitative estimate of drug-likeness (QED) is 0.681. The van der Waals surface area contributed by atoms with Crippen LogP contribution in [0.2, 0.25) is 0 Å². The first-order valence-electron chi connectivity index (χ1n) is 6.50. The first-order valence-corrected chi connectivity index (χ1v) is 6.50. The molecule has 0 saturated heterocycles. The fourth-order valence-electron chi connectivity index (χ4n) is 2.54. The lowest BCUT2D eigenvalue weighted by molar-refractivity contribution is -0.137. The zero-order chi connectivity index (χ0) is 15.2. The molecule has 0 saturated carbocycles. The normalized spacial score (nSPS) is 12.0. The zero-order valence-corrected chi connectivity index (χ0v) is 11.5. The Bertz CT molecular complexity index is 816. The minimum Gasteiger partial charge on any atom is -0.338 e. The van der Waals surface area contributed by atoms with Crippen molar-refractivity contribution >= 4 is 11.0 Å². The van der Waals surface area contributed by atoms with Crippen LogP contribution >= 0.6 is 0 Å². The molecule has 0 aliphatic heterocycles. The van der Waals surface area contributed by atoms with Crippen molar-refractivity contribution in [1.82, 2.24) is 9.97 Å². The fraction of sp³-hybridized carbons (Fsp3) is 0.188. The Hall–Kier alpha value is -2.30. The number of halogens is 3. The molecule has 1 N–H and O–H groups in total. The van der Waals surface area contributed by atoms with E-state index < -0.39 is 11.7 Å². The summed E-state index contributed by atoms with van der Waals surface area (Å²) in [5, 5.41) is 0. The number of nitrogens with one attached hydrogen (secondary N) is 1. The minimum absolute atomic E-state index is 0.0678. The van der Waals surface area contributed by atoms with Crippen LogP contribution in [-0.4, -0.2) is 9.97 Å². The van der Waals surface area contributed by atoms with Crippen molar-refractivity contribution in [3.63, 3.8) is 0 Å². The lowest BCUT2D eigenvalue weighted by Crippen LogP contribution is -2.07. The van der Waals surface area contributed by atoms with E-state index in [1.54, 1.807) is 6.07 Å². The van der Waals surface area contributed by atoms with Crippen molar-refractivity contribution in [1.29, 1.82) is 0 Å². The number of alkyl halides is 3. The second kappa shape index (κ2) is 4.62. The number of imidazole rings is 1. The van der Waals surface area contributed by atoms with E-state index in [0.717, 1.165) is 22.7 Å². The number of aromatic amines is 1. The summed E-state index contributed by atoms with van der Waals surface area (Å²) < 4.78 is 39.3. The van der Waals surface area contributed by atoms with E-state index in [-0.39, 0.29) is 11.4 Å². The van der Waals surface area contributed by atoms with Gasteiger partial charge < -0.3 is 4.98 Å². The van der Waals surface area contributed by atoms with Crippen LogP contribution in [0.5, 0.6) is 0 Å². The van der Waals surface area contributed by atoms with E-state index in [1.807, 2.05) is 26.0 Å². The van der Waals surface area contributed by atoms with Crippen molar-refractivity contribution in [2.24, 2.45) is 0 Å². The first-order chi connectivity index (χ1) is 9.86. The SMILES string of the molecule is Cc1cc(C)c2nc(-c3ccccc3C(F)(F)F)[nH]c2c1. The highest BCUT2D eigenvalue weighted by atomic mass is 19.4. The largest absolute Gasteiger partial charge is 0.417 e. The molecule has 0 aliphatic rings. The first kappa shape index (κ1) is 13.7. The molecule has 0 unspecified atom stereocenters. The average molecular weight is 290 g/mol. The number of rotatable bonds is 1. The van der Waals surface area contributed by atoms with Crippen molar-refractivity contribution in [2.75, 3.05) is 0 Å². The number of aryl methyl sites for hydroxylation is 2. The predicted octanol–water partition coefficient (Wildman–Crippen LogP) is 4.87. The zero-order valence-electron chi connectivity index (χ0n) is 11.5. The lowest BCUT2D eigenvalue weighted by Gasteiger charge is -2.10. The lowest BCUT2D eigenvalue weighted by atomic mass is 10.1. The third kappa shape index (κ3) is 2.39. The van der Waals surface area contributed by atoms with E-state index in [4.69, 9.17) is 0 Å². The molecule has 0 bridgehead atoms. The molecular weight excluding hydrogens is 277 g/mol. The standard InChI is InChI=1S/C16H13F3N2/c1-9-7-10(2)14-13(8-9)20-15(21-14)11-5-3-4-6-12(11)16(17,18)19/h3-8H,1-2H3,(H,20,21). The summed E-state index contributed by atoms with van der Waals surface area (Å²) in [7, 11) is 0. The molecule has 0 spiro atoms. The number of fused-ring (bicyclic) bond motifs is 1. The van der Waals surface area contributed by atoms with Crippen LogP contribution in [-0.2, 0) is 6.18 Å². The Labute approximate surface area is 119 Å². The van der Waals surface area contributed by atoms with Crippen molar-refractivity contribution in [3.05, 3.63) is 53.1 Å². The van der Waals surface area contributed by atoms with E-state index in [2.05, 4.69) is 9.97 Å². The van der Waals surface area contributed by atoms with Gasteiger partial charge in [-0.15, -0.1) is 0 Å². The van der Waals surface area contributed by atoms with Crippen LogP contribution in [0.1, 0.15) is 16.7 Å². The number of H-pyrrole nitrogens is 1. The number of hydrogen-bond acceptors (Lipinski definition) is 1. The highest BCUT2D eigenvalue weighted by Gasteiger charge is 2.34. The van der Waals surface area contributed by atoms with Gasteiger partial charge in [0.1, 0.15) is 5.82 Å². The second-order valence-electron chi connectivity index (χ2n) is 5.11. The van der Waals surface area contributed by atoms with Crippen LogP contribution in [0.15, 0.2) is 36.4 Å². The fourth-order valence-corrected chi connectivity index (χ4v) is 2.54. The van der Waals surface area contributed by atoms with Gasteiger partial charge in [-0.25, -0.2) is 4.98 Å². The molecule has 0 amide bonds. The van der Waals surface area contributed by atoms with Gasteiger partial charge in [0.2, 0.25) is 0 Å². The van der Waals surface area contributed by atoms with Crippen molar-refractivity contribution in [2.45, 2.75) is 20.0 Å². The molecule has 108 valence electrons. The third-order valence-corrected chi connectivity index (χ3v) is 3.41. The summed E-state index contributed by atoms with van der Waals surface area (Å²) in [6.07, 6.45) is -4.40. The summed E-state index contributed by atoms with van der Waals surface area (Å²) in [5.41, 5.74) is 2.82. The maximum atomic E-state index is 13.1. The van der Waals surface area contributed by atoms with Gasteiger partial charge in [0.05, 0.1) is 16.6 Å². The van der Waals surface area contributed by atoms with Gasteiger partial charge in [0, 0.05) is 5.56 Å². The second-order valence-corrected chi connectivity index (χ2v) is 5.11. The smallest absolute Gasteiger partial charge is 0.338 e. The number of hydrogen-bond donors (Lipinski definition) is 1. The average Bonchev–Trinajstić information content (AvgIpc) is 2.81. The van der Waals surface area contributed by atoms with Gasteiger partial charge in [-0.1, -0.05) is 24.3 Å². The molecular formula is C16H13F3N2. The Kier molecular flexibility index (Phi) is 3.01. The molecule has 1 aromatic heterocycles. The minimum atomic E-state index is -4.40. The number of nitrogens with zero attached hydrogens (tertiary/aromatic N) is 1. The topological polar surface area (TPSA) is 28.7 Å². The van der Waals surface area contributed by atoms with E-state index in [0.29, 0.717) is 5.52 Å². The van der Waals surface area contributed by atoms with Gasteiger partial charge in [-0.3, -0.25) is 0 Å². The molecule has 0 aliphatic carbocycles. The molecule has 5 heteroatoms.